The molecule has 0 unspecified atom stereocenters. The summed E-state index contributed by atoms with van der Waals surface area (Å²) in [7, 11) is 0. The summed E-state index contributed by atoms with van der Waals surface area (Å²) in [6.07, 6.45) is 11.9. The van der Waals surface area contributed by atoms with E-state index in [-0.39, 0.29) is 0 Å². The van der Waals surface area contributed by atoms with Crippen molar-refractivity contribution in [2.45, 2.75) is 64.7 Å². The molecule has 0 rings (SSSR count). The van der Waals surface area contributed by atoms with Crippen molar-refractivity contribution in [2.24, 2.45) is 11.5 Å². The van der Waals surface area contributed by atoms with E-state index in [0.29, 0.717) is 0 Å². The summed E-state index contributed by atoms with van der Waals surface area (Å²) in [5, 5.41) is 0. The molecule has 0 bridgehead atoms. The lowest BCUT2D eigenvalue weighted by Gasteiger charge is -2.21. The molecule has 4 N–H and O–H groups in total. The molecule has 0 aliphatic heterocycles. The molecule has 3 nitrogen and oxygen atoms in total. The van der Waals surface area contributed by atoms with E-state index in [9.17, 15) is 0 Å². The van der Waals surface area contributed by atoms with Gasteiger partial charge in [-0.15, -0.1) is 0 Å². The maximum Gasteiger partial charge on any atom is -0.000671 e. The third-order valence-electron chi connectivity index (χ3n) is 3.43. The Labute approximate surface area is 114 Å². The van der Waals surface area contributed by atoms with Crippen LogP contribution in [0.3, 0.4) is 0 Å². The van der Waals surface area contributed by atoms with Crippen molar-refractivity contribution in [3.8, 4) is 0 Å². The maximum atomic E-state index is 5.58. The van der Waals surface area contributed by atoms with Crippen LogP contribution in [0, 0.1) is 0 Å². The van der Waals surface area contributed by atoms with Crippen LogP contribution < -0.4 is 11.5 Å². The van der Waals surface area contributed by atoms with Crippen LogP contribution in [-0.2, 0) is 0 Å². The van der Waals surface area contributed by atoms with E-state index in [4.69, 9.17) is 11.5 Å². The number of nitrogens with zero attached hydrogens (tertiary/aromatic N) is 1. The van der Waals surface area contributed by atoms with Crippen molar-refractivity contribution >= 4 is 0 Å². The number of unbranched alkanes of at least 4 members (excludes halogenated alkanes) is 6. The zero-order valence-corrected chi connectivity index (χ0v) is 12.5. The molecule has 0 aliphatic carbocycles. The SMILES string of the molecule is CCCCCCCCCN(CCCN)CCCN. The standard InChI is InChI=1S/C15H35N3/c1-2-3-4-5-6-7-8-13-18(14-9-11-16)15-10-12-17/h2-17H2,1H3. The lowest BCUT2D eigenvalue weighted by atomic mass is 10.1. The van der Waals surface area contributed by atoms with Crippen molar-refractivity contribution in [1.29, 1.82) is 0 Å². The maximum absolute atomic E-state index is 5.58. The van der Waals surface area contributed by atoms with E-state index in [1.165, 1.54) is 51.5 Å². The van der Waals surface area contributed by atoms with Crippen LogP contribution >= 0.6 is 0 Å². The second-order valence-corrected chi connectivity index (χ2v) is 5.25. The molecule has 0 saturated heterocycles. The number of rotatable bonds is 14. The van der Waals surface area contributed by atoms with Crippen LogP contribution in [-0.4, -0.2) is 37.6 Å². The predicted octanol–water partition coefficient (Wildman–Crippen LogP) is 2.74. The number of hydrogen-bond donors (Lipinski definition) is 2. The van der Waals surface area contributed by atoms with Crippen LogP contribution in [0.2, 0.25) is 0 Å². The fraction of sp³-hybridized carbons (Fsp3) is 1.00. The van der Waals surface area contributed by atoms with Gasteiger partial charge in [0.1, 0.15) is 0 Å². The number of nitrogens with two attached hydrogens (primary N) is 2. The minimum Gasteiger partial charge on any atom is -0.330 e. The van der Waals surface area contributed by atoms with E-state index in [1.54, 1.807) is 0 Å². The molecular weight excluding hydrogens is 222 g/mol. The van der Waals surface area contributed by atoms with Crippen LogP contribution in [0.25, 0.3) is 0 Å². The molecule has 0 aromatic carbocycles. The first-order valence-corrected chi connectivity index (χ1v) is 7.97. The quantitative estimate of drug-likeness (QED) is 0.470. The van der Waals surface area contributed by atoms with Gasteiger partial charge in [0.15, 0.2) is 0 Å². The summed E-state index contributed by atoms with van der Waals surface area (Å²) < 4.78 is 0. The Balaban J connectivity index is 3.43. The van der Waals surface area contributed by atoms with Crippen LogP contribution in [0.1, 0.15) is 64.7 Å². The zero-order chi connectivity index (χ0) is 13.5. The lowest BCUT2D eigenvalue weighted by molar-refractivity contribution is 0.263. The Hall–Kier alpha value is -0.120. The average molecular weight is 257 g/mol. The minimum absolute atomic E-state index is 0.802. The molecule has 0 radical (unpaired) electrons. The zero-order valence-electron chi connectivity index (χ0n) is 12.5. The summed E-state index contributed by atoms with van der Waals surface area (Å²) in [6, 6.07) is 0. The molecule has 0 amide bonds. The fourth-order valence-corrected chi connectivity index (χ4v) is 2.26. The third kappa shape index (κ3) is 12.3. The number of hydrogen-bond acceptors (Lipinski definition) is 3. The van der Waals surface area contributed by atoms with Gasteiger partial charge in [-0.2, -0.15) is 0 Å². The molecule has 0 aliphatic rings. The van der Waals surface area contributed by atoms with E-state index < -0.39 is 0 Å². The smallest absolute Gasteiger partial charge is 0.000671 e. The molecule has 0 heterocycles. The molecule has 0 fully saturated rings. The normalized spacial score (nSPS) is 11.3. The van der Waals surface area contributed by atoms with Crippen molar-refractivity contribution < 1.29 is 0 Å². The second-order valence-electron chi connectivity index (χ2n) is 5.25. The van der Waals surface area contributed by atoms with Crippen molar-refractivity contribution in [3.63, 3.8) is 0 Å². The molecular formula is C15H35N3. The Morgan fingerprint density at radius 1 is 0.611 bits per heavy atom. The van der Waals surface area contributed by atoms with Crippen LogP contribution in [0.4, 0.5) is 0 Å². The molecule has 3 heteroatoms. The van der Waals surface area contributed by atoms with E-state index in [2.05, 4.69) is 11.8 Å². The predicted molar refractivity (Wildman–Crippen MR) is 81.8 cm³/mol. The highest BCUT2D eigenvalue weighted by atomic mass is 15.1. The van der Waals surface area contributed by atoms with Crippen LogP contribution in [0.5, 0.6) is 0 Å². The Bertz CT molecular complexity index is 143. The highest BCUT2D eigenvalue weighted by Crippen LogP contribution is 2.07. The summed E-state index contributed by atoms with van der Waals surface area (Å²) in [5.74, 6) is 0. The summed E-state index contributed by atoms with van der Waals surface area (Å²) in [6.45, 7) is 7.39. The first-order chi connectivity index (χ1) is 8.85. The third-order valence-corrected chi connectivity index (χ3v) is 3.43. The Morgan fingerprint density at radius 3 is 1.56 bits per heavy atom. The topological polar surface area (TPSA) is 55.3 Å². The Morgan fingerprint density at radius 2 is 1.06 bits per heavy atom. The Kier molecular flexibility index (Phi) is 14.8. The molecule has 0 aromatic rings. The summed E-state index contributed by atoms with van der Waals surface area (Å²) in [5.41, 5.74) is 11.2. The molecule has 0 saturated carbocycles. The first kappa shape index (κ1) is 17.9. The van der Waals surface area contributed by atoms with Gasteiger partial charge in [-0.05, 0) is 52.0 Å². The van der Waals surface area contributed by atoms with Gasteiger partial charge in [0.25, 0.3) is 0 Å². The first-order valence-electron chi connectivity index (χ1n) is 7.97. The molecule has 0 spiro atoms. The van der Waals surface area contributed by atoms with Gasteiger partial charge in [0.2, 0.25) is 0 Å². The van der Waals surface area contributed by atoms with Gasteiger partial charge in [-0.1, -0.05) is 45.4 Å². The van der Waals surface area contributed by atoms with Crippen LogP contribution in [0.15, 0.2) is 0 Å². The van der Waals surface area contributed by atoms with E-state index in [0.717, 1.165) is 39.0 Å². The van der Waals surface area contributed by atoms with Crippen molar-refractivity contribution in [2.75, 3.05) is 32.7 Å². The highest BCUT2D eigenvalue weighted by Gasteiger charge is 2.03. The molecule has 0 atom stereocenters. The lowest BCUT2D eigenvalue weighted by Crippen LogP contribution is -2.29. The van der Waals surface area contributed by atoms with Gasteiger partial charge in [-0.3, -0.25) is 0 Å². The van der Waals surface area contributed by atoms with E-state index in [1.807, 2.05) is 0 Å². The molecule has 110 valence electrons. The summed E-state index contributed by atoms with van der Waals surface area (Å²) in [4.78, 5) is 2.53. The average Bonchev–Trinajstić information content (AvgIpc) is 2.40. The monoisotopic (exact) mass is 257 g/mol. The van der Waals surface area contributed by atoms with Gasteiger partial charge < -0.3 is 16.4 Å². The largest absolute Gasteiger partial charge is 0.330 e. The second kappa shape index (κ2) is 14.9. The highest BCUT2D eigenvalue weighted by molar-refractivity contribution is 4.59. The minimum atomic E-state index is 0.802. The van der Waals surface area contributed by atoms with Crippen molar-refractivity contribution in [3.05, 3.63) is 0 Å². The van der Waals surface area contributed by atoms with E-state index >= 15 is 0 Å². The van der Waals surface area contributed by atoms with Gasteiger partial charge in [-0.25, -0.2) is 0 Å². The molecule has 0 aromatic heterocycles. The summed E-state index contributed by atoms with van der Waals surface area (Å²) >= 11 is 0. The fourth-order valence-electron chi connectivity index (χ4n) is 2.26. The van der Waals surface area contributed by atoms with Gasteiger partial charge in [0.05, 0.1) is 0 Å². The van der Waals surface area contributed by atoms with Gasteiger partial charge >= 0.3 is 0 Å². The van der Waals surface area contributed by atoms with Gasteiger partial charge in [0, 0.05) is 0 Å². The molecule has 18 heavy (non-hydrogen) atoms. The van der Waals surface area contributed by atoms with Crippen molar-refractivity contribution in [1.82, 2.24) is 4.90 Å².